The first-order valence-electron chi connectivity index (χ1n) is 5.78. The van der Waals surface area contributed by atoms with Crippen molar-refractivity contribution in [3.8, 4) is 6.07 Å². The van der Waals surface area contributed by atoms with Crippen molar-refractivity contribution in [2.75, 3.05) is 5.32 Å². The Kier molecular flexibility index (Phi) is 3.91. The van der Waals surface area contributed by atoms with E-state index in [-0.39, 0.29) is 17.9 Å². The average Bonchev–Trinajstić information content (AvgIpc) is 2.46. The van der Waals surface area contributed by atoms with E-state index in [1.807, 2.05) is 6.07 Å². The zero-order chi connectivity index (χ0) is 14.5. The van der Waals surface area contributed by atoms with Crippen molar-refractivity contribution in [2.45, 2.75) is 6.54 Å². The monoisotopic (exact) mass is 271 g/mol. The maximum absolute atomic E-state index is 13.7. The van der Waals surface area contributed by atoms with Crippen LogP contribution in [0.2, 0.25) is 0 Å². The molecule has 0 heterocycles. The van der Waals surface area contributed by atoms with Gasteiger partial charge in [0.1, 0.15) is 5.69 Å². The van der Waals surface area contributed by atoms with Gasteiger partial charge in [0.2, 0.25) is 0 Å². The van der Waals surface area contributed by atoms with Gasteiger partial charge >= 0.3 is 0 Å². The van der Waals surface area contributed by atoms with Gasteiger partial charge in [0.25, 0.3) is 5.69 Å². The van der Waals surface area contributed by atoms with E-state index in [0.717, 1.165) is 6.07 Å². The average molecular weight is 271 g/mol. The molecule has 2 aromatic carbocycles. The molecule has 0 spiro atoms. The molecular weight excluding hydrogens is 261 g/mol. The van der Waals surface area contributed by atoms with Gasteiger partial charge in [-0.15, -0.1) is 0 Å². The molecule has 6 heteroatoms. The topological polar surface area (TPSA) is 79.0 Å². The van der Waals surface area contributed by atoms with Crippen molar-refractivity contribution < 1.29 is 9.31 Å². The van der Waals surface area contributed by atoms with Crippen LogP contribution in [0.3, 0.4) is 0 Å². The number of nitriles is 1. The Labute approximate surface area is 114 Å². The van der Waals surface area contributed by atoms with Crippen LogP contribution in [0, 0.1) is 27.3 Å². The Hall–Kier alpha value is -2.94. The lowest BCUT2D eigenvalue weighted by molar-refractivity contribution is -0.384. The highest BCUT2D eigenvalue weighted by molar-refractivity contribution is 5.62. The van der Waals surface area contributed by atoms with Crippen LogP contribution in [0.15, 0.2) is 42.5 Å². The molecule has 0 fully saturated rings. The van der Waals surface area contributed by atoms with E-state index in [2.05, 4.69) is 5.32 Å². The van der Waals surface area contributed by atoms with Crippen molar-refractivity contribution >= 4 is 11.4 Å². The number of hydrogen-bond acceptors (Lipinski definition) is 4. The van der Waals surface area contributed by atoms with E-state index >= 15 is 0 Å². The van der Waals surface area contributed by atoms with Gasteiger partial charge in [-0.25, -0.2) is 4.39 Å². The van der Waals surface area contributed by atoms with Crippen LogP contribution in [0.4, 0.5) is 15.8 Å². The molecule has 0 atom stereocenters. The number of anilines is 1. The van der Waals surface area contributed by atoms with Crippen molar-refractivity contribution in [1.82, 2.24) is 0 Å². The third-order valence-electron chi connectivity index (χ3n) is 2.78. The summed E-state index contributed by atoms with van der Waals surface area (Å²) in [4.78, 5) is 10.2. The fourth-order valence-corrected chi connectivity index (χ4v) is 1.81. The van der Waals surface area contributed by atoms with Gasteiger partial charge in [0.05, 0.1) is 16.6 Å². The predicted molar refractivity (Wildman–Crippen MR) is 71.5 cm³/mol. The summed E-state index contributed by atoms with van der Waals surface area (Å²) in [6.07, 6.45) is 0. The first-order valence-corrected chi connectivity index (χ1v) is 5.78. The second-order valence-electron chi connectivity index (χ2n) is 4.01. The Morgan fingerprint density at radius 3 is 2.70 bits per heavy atom. The van der Waals surface area contributed by atoms with Crippen molar-refractivity contribution in [2.24, 2.45) is 0 Å². The number of para-hydroxylation sites is 1. The number of halogens is 1. The highest BCUT2D eigenvalue weighted by atomic mass is 19.1. The quantitative estimate of drug-likeness (QED) is 0.684. The number of nitrogens with zero attached hydrogens (tertiary/aromatic N) is 2. The summed E-state index contributed by atoms with van der Waals surface area (Å²) in [5.74, 6) is -0.700. The van der Waals surface area contributed by atoms with E-state index in [1.54, 1.807) is 24.3 Å². The van der Waals surface area contributed by atoms with Gasteiger partial charge in [0, 0.05) is 12.6 Å². The lowest BCUT2D eigenvalue weighted by Crippen LogP contribution is -2.06. The summed E-state index contributed by atoms with van der Waals surface area (Å²) in [5, 5.41) is 22.5. The second-order valence-corrected chi connectivity index (χ2v) is 4.01. The summed E-state index contributed by atoms with van der Waals surface area (Å²) < 4.78 is 13.7. The Morgan fingerprint density at radius 1 is 1.25 bits per heavy atom. The predicted octanol–water partition coefficient (Wildman–Crippen LogP) is 3.22. The van der Waals surface area contributed by atoms with Crippen molar-refractivity contribution in [1.29, 1.82) is 5.26 Å². The summed E-state index contributed by atoms with van der Waals surface area (Å²) in [6, 6.07) is 12.5. The van der Waals surface area contributed by atoms with Crippen LogP contribution in [-0.4, -0.2) is 4.92 Å². The molecule has 2 aromatic rings. The smallest absolute Gasteiger partial charge is 0.295 e. The molecule has 0 aliphatic heterocycles. The van der Waals surface area contributed by atoms with E-state index < -0.39 is 10.7 Å². The molecule has 0 aromatic heterocycles. The van der Waals surface area contributed by atoms with E-state index in [9.17, 15) is 14.5 Å². The Morgan fingerprint density at radius 2 is 2.00 bits per heavy atom. The highest BCUT2D eigenvalue weighted by Gasteiger charge is 2.17. The minimum absolute atomic E-state index is 0.130. The van der Waals surface area contributed by atoms with Crippen molar-refractivity contribution in [3.63, 3.8) is 0 Å². The minimum Gasteiger partial charge on any atom is -0.373 e. The van der Waals surface area contributed by atoms with Crippen LogP contribution in [0.1, 0.15) is 11.1 Å². The van der Waals surface area contributed by atoms with Gasteiger partial charge in [0.15, 0.2) is 5.82 Å². The zero-order valence-corrected chi connectivity index (χ0v) is 10.3. The molecule has 0 aliphatic rings. The molecule has 5 nitrogen and oxygen atoms in total. The Balaban J connectivity index is 2.28. The summed E-state index contributed by atoms with van der Waals surface area (Å²) in [7, 11) is 0. The largest absolute Gasteiger partial charge is 0.373 e. The third-order valence-corrected chi connectivity index (χ3v) is 2.78. The number of nitro groups is 1. The van der Waals surface area contributed by atoms with E-state index in [1.165, 1.54) is 12.1 Å². The maximum atomic E-state index is 13.7. The molecule has 0 saturated heterocycles. The normalized spacial score (nSPS) is 9.80. The molecular formula is C14H10FN3O2. The number of nitro benzene ring substituents is 1. The number of benzene rings is 2. The van der Waals surface area contributed by atoms with Gasteiger partial charge in [-0.2, -0.15) is 5.26 Å². The van der Waals surface area contributed by atoms with Gasteiger partial charge in [-0.3, -0.25) is 10.1 Å². The second kappa shape index (κ2) is 5.80. The summed E-state index contributed by atoms with van der Waals surface area (Å²) in [5.41, 5.74) is 0.580. The molecule has 0 radical (unpaired) electrons. The fraction of sp³-hybridized carbons (Fsp3) is 0.0714. The van der Waals surface area contributed by atoms with E-state index in [0.29, 0.717) is 11.1 Å². The van der Waals surface area contributed by atoms with Crippen LogP contribution >= 0.6 is 0 Å². The Bertz CT molecular complexity index is 695. The van der Waals surface area contributed by atoms with Gasteiger partial charge in [-0.1, -0.05) is 24.3 Å². The lowest BCUT2D eigenvalue weighted by atomic mass is 10.1. The van der Waals surface area contributed by atoms with Crippen LogP contribution in [0.25, 0.3) is 0 Å². The van der Waals surface area contributed by atoms with Crippen LogP contribution in [-0.2, 0) is 6.54 Å². The third kappa shape index (κ3) is 2.72. The van der Waals surface area contributed by atoms with E-state index in [4.69, 9.17) is 5.26 Å². The van der Waals surface area contributed by atoms with Gasteiger partial charge in [-0.05, 0) is 17.7 Å². The SMILES string of the molecule is N#Cc1ccccc1CNc1c(F)cccc1[N+](=O)[O-]. The maximum Gasteiger partial charge on any atom is 0.295 e. The summed E-state index contributed by atoms with van der Waals surface area (Å²) in [6.45, 7) is 0.130. The fourth-order valence-electron chi connectivity index (χ4n) is 1.81. The molecule has 1 N–H and O–H groups in total. The number of hydrogen-bond donors (Lipinski definition) is 1. The molecule has 0 aliphatic carbocycles. The minimum atomic E-state index is -0.700. The highest BCUT2D eigenvalue weighted by Crippen LogP contribution is 2.27. The number of rotatable bonds is 4. The molecule has 100 valence electrons. The molecule has 20 heavy (non-hydrogen) atoms. The first-order chi connectivity index (χ1) is 9.63. The molecule has 0 amide bonds. The molecule has 2 rings (SSSR count). The molecule has 0 bridgehead atoms. The summed E-state index contributed by atoms with van der Waals surface area (Å²) >= 11 is 0. The standard InChI is InChI=1S/C14H10FN3O2/c15-12-6-3-7-13(18(19)20)14(12)17-9-11-5-2-1-4-10(11)8-16/h1-7,17H,9H2. The lowest BCUT2D eigenvalue weighted by Gasteiger charge is -2.09. The zero-order valence-electron chi connectivity index (χ0n) is 10.3. The van der Waals surface area contributed by atoms with Gasteiger partial charge < -0.3 is 5.32 Å². The molecule has 0 saturated carbocycles. The first kappa shape index (κ1) is 13.5. The molecule has 0 unspecified atom stereocenters. The van der Waals surface area contributed by atoms with Crippen LogP contribution in [0.5, 0.6) is 0 Å². The van der Waals surface area contributed by atoms with Crippen LogP contribution < -0.4 is 5.32 Å². The number of nitrogens with one attached hydrogen (secondary N) is 1. The van der Waals surface area contributed by atoms with Crippen molar-refractivity contribution in [3.05, 3.63) is 69.5 Å².